The number of carbonyl (C=O) groups is 4. The van der Waals surface area contributed by atoms with Crippen molar-refractivity contribution in [1.82, 2.24) is 5.32 Å². The first-order valence-corrected chi connectivity index (χ1v) is 6.70. The number of rotatable bonds is 5. The van der Waals surface area contributed by atoms with Crippen molar-refractivity contribution >= 4 is 23.8 Å². The molecule has 0 saturated heterocycles. The molecule has 126 valence electrons. The summed E-state index contributed by atoms with van der Waals surface area (Å²) in [6.45, 7) is 9.54. The Morgan fingerprint density at radius 1 is 0.955 bits per heavy atom. The maximum absolute atomic E-state index is 11.7. The minimum Gasteiger partial charge on any atom is -0.480 e. The molecule has 8 heteroatoms. The molecule has 0 radical (unpaired) electrons. The van der Waals surface area contributed by atoms with Crippen LogP contribution in [0.1, 0.15) is 48.0 Å². The van der Waals surface area contributed by atoms with E-state index in [0.29, 0.717) is 0 Å². The zero-order valence-electron chi connectivity index (χ0n) is 13.7. The lowest BCUT2D eigenvalue weighted by Crippen LogP contribution is -2.45. The topological polar surface area (TPSA) is 119 Å². The summed E-state index contributed by atoms with van der Waals surface area (Å²) >= 11 is 0. The largest absolute Gasteiger partial charge is 0.480 e. The summed E-state index contributed by atoms with van der Waals surface area (Å²) in [4.78, 5) is 45.8. The standard InChI is InChI=1S/C14H23NO7/c1-13(2,3)21-11(19)9(16)7-8(10(17)18)15-12(20)22-14(4,5)6/h8H,7H2,1-6H3,(H,15,20)(H,17,18). The van der Waals surface area contributed by atoms with Crippen LogP contribution < -0.4 is 5.32 Å². The van der Waals surface area contributed by atoms with Crippen LogP contribution in [0.5, 0.6) is 0 Å². The number of hydrogen-bond donors (Lipinski definition) is 2. The maximum Gasteiger partial charge on any atom is 0.408 e. The molecular formula is C14H23NO7. The Morgan fingerprint density at radius 3 is 1.77 bits per heavy atom. The second-order valence-corrected chi connectivity index (χ2v) is 6.67. The average Bonchev–Trinajstić information content (AvgIpc) is 2.22. The van der Waals surface area contributed by atoms with E-state index >= 15 is 0 Å². The summed E-state index contributed by atoms with van der Waals surface area (Å²) in [5.41, 5.74) is -1.69. The molecule has 22 heavy (non-hydrogen) atoms. The van der Waals surface area contributed by atoms with Gasteiger partial charge in [-0.3, -0.25) is 4.79 Å². The van der Waals surface area contributed by atoms with E-state index in [1.807, 2.05) is 5.32 Å². The van der Waals surface area contributed by atoms with Crippen molar-refractivity contribution in [1.29, 1.82) is 0 Å². The number of alkyl carbamates (subject to hydrolysis) is 1. The van der Waals surface area contributed by atoms with E-state index in [1.165, 1.54) is 0 Å². The van der Waals surface area contributed by atoms with Crippen LogP contribution in [-0.4, -0.2) is 46.2 Å². The molecule has 0 aromatic carbocycles. The highest BCUT2D eigenvalue weighted by atomic mass is 16.6. The number of carboxylic acid groups (broad SMARTS) is 1. The normalized spacial score (nSPS) is 13.0. The van der Waals surface area contributed by atoms with Crippen LogP contribution in [0, 0.1) is 0 Å². The molecule has 1 unspecified atom stereocenters. The summed E-state index contributed by atoms with van der Waals surface area (Å²) in [5.74, 6) is -3.65. The average molecular weight is 317 g/mol. The van der Waals surface area contributed by atoms with E-state index in [0.717, 1.165) is 0 Å². The van der Waals surface area contributed by atoms with Crippen LogP contribution >= 0.6 is 0 Å². The number of ether oxygens (including phenoxy) is 2. The number of hydrogen-bond acceptors (Lipinski definition) is 6. The molecule has 0 spiro atoms. The quantitative estimate of drug-likeness (QED) is 0.578. The fourth-order valence-corrected chi connectivity index (χ4v) is 1.25. The molecule has 0 saturated carbocycles. The van der Waals surface area contributed by atoms with Crippen LogP contribution in [0.25, 0.3) is 0 Å². The zero-order valence-corrected chi connectivity index (χ0v) is 13.7. The van der Waals surface area contributed by atoms with Gasteiger partial charge in [-0.2, -0.15) is 0 Å². The predicted molar refractivity (Wildman–Crippen MR) is 76.3 cm³/mol. The first kappa shape index (κ1) is 19.9. The van der Waals surface area contributed by atoms with Crippen LogP contribution in [-0.2, 0) is 23.9 Å². The molecule has 0 aliphatic carbocycles. The molecule has 0 aliphatic heterocycles. The molecule has 0 rings (SSSR count). The van der Waals surface area contributed by atoms with Gasteiger partial charge in [0, 0.05) is 6.42 Å². The smallest absolute Gasteiger partial charge is 0.408 e. The minimum atomic E-state index is -1.57. The third-order valence-corrected chi connectivity index (χ3v) is 2.01. The Balaban J connectivity index is 4.72. The van der Waals surface area contributed by atoms with E-state index in [1.54, 1.807) is 41.5 Å². The van der Waals surface area contributed by atoms with Gasteiger partial charge in [0.25, 0.3) is 0 Å². The molecule has 1 amide bonds. The fraction of sp³-hybridized carbons (Fsp3) is 0.714. The lowest BCUT2D eigenvalue weighted by molar-refractivity contribution is -0.163. The van der Waals surface area contributed by atoms with Gasteiger partial charge in [0.1, 0.15) is 17.2 Å². The first-order valence-electron chi connectivity index (χ1n) is 6.70. The summed E-state index contributed by atoms with van der Waals surface area (Å²) in [6.07, 6.45) is -1.71. The van der Waals surface area contributed by atoms with Crippen LogP contribution in [0.4, 0.5) is 4.79 Å². The molecule has 8 nitrogen and oxygen atoms in total. The van der Waals surface area contributed by atoms with Crippen molar-refractivity contribution in [2.75, 3.05) is 0 Å². The van der Waals surface area contributed by atoms with Gasteiger partial charge in [-0.05, 0) is 41.5 Å². The van der Waals surface area contributed by atoms with E-state index in [2.05, 4.69) is 0 Å². The molecule has 0 heterocycles. The number of nitrogens with one attached hydrogen (secondary N) is 1. The lowest BCUT2D eigenvalue weighted by atomic mass is 10.1. The summed E-state index contributed by atoms with van der Waals surface area (Å²) in [5, 5.41) is 11.0. The molecule has 1 atom stereocenters. The van der Waals surface area contributed by atoms with Gasteiger partial charge in [0.05, 0.1) is 0 Å². The van der Waals surface area contributed by atoms with Gasteiger partial charge in [-0.15, -0.1) is 0 Å². The third kappa shape index (κ3) is 8.93. The van der Waals surface area contributed by atoms with Crippen molar-refractivity contribution < 1.29 is 33.8 Å². The summed E-state index contributed by atoms with van der Waals surface area (Å²) < 4.78 is 9.74. The number of Topliss-reactive ketones (excluding diaryl/α,β-unsaturated/α-hetero) is 1. The third-order valence-electron chi connectivity index (χ3n) is 2.01. The summed E-state index contributed by atoms with van der Waals surface area (Å²) in [6, 6.07) is -1.57. The molecule has 0 aromatic heterocycles. The van der Waals surface area contributed by atoms with Crippen molar-refractivity contribution in [3.8, 4) is 0 Å². The van der Waals surface area contributed by atoms with E-state index in [-0.39, 0.29) is 0 Å². The number of carboxylic acids is 1. The van der Waals surface area contributed by atoms with Gasteiger partial charge in [0.2, 0.25) is 5.78 Å². The molecule has 0 aromatic rings. The van der Waals surface area contributed by atoms with E-state index in [9.17, 15) is 19.2 Å². The highest BCUT2D eigenvalue weighted by molar-refractivity contribution is 6.34. The highest BCUT2D eigenvalue weighted by Crippen LogP contribution is 2.10. The Labute approximate surface area is 129 Å². The van der Waals surface area contributed by atoms with E-state index in [4.69, 9.17) is 14.6 Å². The fourth-order valence-electron chi connectivity index (χ4n) is 1.25. The number of aliphatic carboxylic acids is 1. The van der Waals surface area contributed by atoms with Gasteiger partial charge < -0.3 is 19.9 Å². The minimum absolute atomic E-state index is 0.719. The predicted octanol–water partition coefficient (Wildman–Crippen LogP) is 1.27. The maximum atomic E-state index is 11.7. The van der Waals surface area contributed by atoms with Crippen molar-refractivity contribution in [3.05, 3.63) is 0 Å². The molecule has 2 N–H and O–H groups in total. The Morgan fingerprint density at radius 2 is 1.41 bits per heavy atom. The van der Waals surface area contributed by atoms with Crippen molar-refractivity contribution in [3.63, 3.8) is 0 Å². The molecular weight excluding hydrogens is 294 g/mol. The van der Waals surface area contributed by atoms with Crippen LogP contribution in [0.15, 0.2) is 0 Å². The first-order chi connectivity index (χ1) is 9.71. The van der Waals surface area contributed by atoms with Crippen molar-refractivity contribution in [2.24, 2.45) is 0 Å². The summed E-state index contributed by atoms with van der Waals surface area (Å²) in [7, 11) is 0. The molecule has 0 aliphatic rings. The number of ketones is 1. The Hall–Kier alpha value is -2.12. The second-order valence-electron chi connectivity index (χ2n) is 6.67. The molecule has 0 fully saturated rings. The van der Waals surface area contributed by atoms with Crippen molar-refractivity contribution in [2.45, 2.75) is 65.2 Å². The van der Waals surface area contributed by atoms with Crippen LogP contribution in [0.3, 0.4) is 0 Å². The van der Waals surface area contributed by atoms with Crippen LogP contribution in [0.2, 0.25) is 0 Å². The SMILES string of the molecule is CC(C)(C)OC(=O)NC(CC(=O)C(=O)OC(C)(C)C)C(=O)O. The van der Waals surface area contributed by atoms with Gasteiger partial charge >= 0.3 is 18.0 Å². The number of esters is 1. The van der Waals surface area contributed by atoms with Gasteiger partial charge in [0.15, 0.2) is 0 Å². The highest BCUT2D eigenvalue weighted by Gasteiger charge is 2.30. The van der Waals surface area contributed by atoms with Gasteiger partial charge in [-0.1, -0.05) is 0 Å². The lowest BCUT2D eigenvalue weighted by Gasteiger charge is -2.22. The Bertz CT molecular complexity index is 457. The molecule has 0 bridgehead atoms. The second kappa shape index (κ2) is 7.24. The number of carbonyl (C=O) groups excluding carboxylic acids is 3. The number of amides is 1. The van der Waals surface area contributed by atoms with Gasteiger partial charge in [-0.25, -0.2) is 14.4 Å². The van der Waals surface area contributed by atoms with E-state index < -0.39 is 47.5 Å². The monoisotopic (exact) mass is 317 g/mol. The zero-order chi connectivity index (χ0) is 17.7. The Kier molecular flexibility index (Phi) is 6.54.